The van der Waals surface area contributed by atoms with Crippen LogP contribution in [0.3, 0.4) is 0 Å². The average Bonchev–Trinajstić information content (AvgIpc) is 2.49. The second-order valence-electron chi connectivity index (χ2n) is 4.80. The number of nitrogens with zero attached hydrogens (tertiary/aromatic N) is 1. The fraction of sp³-hybridized carbons (Fsp3) is 0.235. The molecule has 5 nitrogen and oxygen atoms in total. The molecule has 0 atom stereocenters. The summed E-state index contributed by atoms with van der Waals surface area (Å²) in [6.07, 6.45) is 3.41. The van der Waals surface area contributed by atoms with E-state index < -0.39 is 0 Å². The molecule has 0 aliphatic heterocycles. The second-order valence-corrected chi connectivity index (χ2v) is 4.80. The summed E-state index contributed by atoms with van der Waals surface area (Å²) in [6, 6.07) is 10.8. The van der Waals surface area contributed by atoms with E-state index in [1.165, 1.54) is 6.92 Å². The van der Waals surface area contributed by atoms with Gasteiger partial charge in [-0.25, -0.2) is 0 Å². The molecule has 0 saturated carbocycles. The Balaban J connectivity index is 2.07. The zero-order valence-electron chi connectivity index (χ0n) is 12.7. The Bertz CT molecular complexity index is 683. The third kappa shape index (κ3) is 4.15. The lowest BCUT2D eigenvalue weighted by Gasteiger charge is -2.10. The molecule has 1 N–H and O–H groups in total. The minimum Gasteiger partial charge on any atom is -0.492 e. The van der Waals surface area contributed by atoms with Gasteiger partial charge in [0.05, 0.1) is 17.9 Å². The maximum Gasteiger partial charge on any atom is 0.290 e. The van der Waals surface area contributed by atoms with Crippen LogP contribution in [0.4, 0.5) is 5.69 Å². The van der Waals surface area contributed by atoms with Crippen LogP contribution in [-0.2, 0) is 11.3 Å². The Kier molecular flexibility index (Phi) is 5.25. The molecule has 0 radical (unpaired) electrons. The summed E-state index contributed by atoms with van der Waals surface area (Å²) in [5.74, 6) is 0.426. The van der Waals surface area contributed by atoms with Crippen molar-refractivity contribution in [3.05, 3.63) is 54.4 Å². The lowest BCUT2D eigenvalue weighted by atomic mass is 10.2. The summed E-state index contributed by atoms with van der Waals surface area (Å²) < 4.78 is 7.15. The van der Waals surface area contributed by atoms with Crippen molar-refractivity contribution in [1.29, 1.82) is 0 Å². The van der Waals surface area contributed by atoms with Crippen LogP contribution < -0.4 is 14.6 Å². The molecular formula is C17H19N2O3+. The summed E-state index contributed by atoms with van der Waals surface area (Å²) in [4.78, 5) is 23.5. The Morgan fingerprint density at radius 2 is 1.95 bits per heavy atom. The number of hydrogen-bond acceptors (Lipinski definition) is 3. The van der Waals surface area contributed by atoms with Crippen molar-refractivity contribution in [2.45, 2.75) is 20.4 Å². The standard InChI is InChI=1S/C17H18N2O3/c1-3-22-16-9-5-4-8-15(16)18-17(21)12-19-10-6-7-14(11-19)13(2)20/h4-11H,3,12H2,1-2H3/p+1. The number of Topliss-reactive ketones (excluding diaryl/α,β-unsaturated/α-hetero) is 1. The number of amides is 1. The first kappa shape index (κ1) is 15.7. The molecule has 22 heavy (non-hydrogen) atoms. The first-order valence-corrected chi connectivity index (χ1v) is 7.12. The summed E-state index contributed by atoms with van der Waals surface area (Å²) in [5.41, 5.74) is 1.21. The average molecular weight is 299 g/mol. The van der Waals surface area contributed by atoms with Crippen LogP contribution in [0.2, 0.25) is 0 Å². The molecule has 114 valence electrons. The predicted molar refractivity (Wildman–Crippen MR) is 82.9 cm³/mol. The lowest BCUT2D eigenvalue weighted by molar-refractivity contribution is -0.684. The fourth-order valence-corrected chi connectivity index (χ4v) is 2.04. The third-order valence-corrected chi connectivity index (χ3v) is 3.05. The quantitative estimate of drug-likeness (QED) is 0.657. The topological polar surface area (TPSA) is 59.3 Å². The van der Waals surface area contributed by atoms with E-state index in [0.29, 0.717) is 23.6 Å². The largest absolute Gasteiger partial charge is 0.492 e. The molecule has 1 aromatic heterocycles. The normalized spacial score (nSPS) is 10.1. The molecule has 2 aromatic rings. The molecule has 1 amide bonds. The van der Waals surface area contributed by atoms with Crippen LogP contribution in [0.5, 0.6) is 5.75 Å². The molecule has 5 heteroatoms. The lowest BCUT2D eigenvalue weighted by Crippen LogP contribution is -2.40. The van der Waals surface area contributed by atoms with Gasteiger partial charge in [0, 0.05) is 6.07 Å². The van der Waals surface area contributed by atoms with Gasteiger partial charge in [-0.05, 0) is 32.0 Å². The van der Waals surface area contributed by atoms with Gasteiger partial charge < -0.3 is 10.1 Å². The van der Waals surface area contributed by atoms with E-state index in [9.17, 15) is 9.59 Å². The number of aromatic nitrogens is 1. The van der Waals surface area contributed by atoms with Crippen molar-refractivity contribution in [3.63, 3.8) is 0 Å². The maximum absolute atomic E-state index is 12.1. The summed E-state index contributed by atoms with van der Waals surface area (Å²) in [6.45, 7) is 4.05. The van der Waals surface area contributed by atoms with E-state index in [4.69, 9.17) is 4.74 Å². The number of nitrogens with one attached hydrogen (secondary N) is 1. The second kappa shape index (κ2) is 7.36. The smallest absolute Gasteiger partial charge is 0.290 e. The number of para-hydroxylation sites is 2. The number of ether oxygens (including phenoxy) is 1. The van der Waals surface area contributed by atoms with E-state index in [2.05, 4.69) is 5.32 Å². The highest BCUT2D eigenvalue weighted by Crippen LogP contribution is 2.23. The molecule has 0 spiro atoms. The molecule has 0 bridgehead atoms. The van der Waals surface area contributed by atoms with Crippen molar-refractivity contribution in [1.82, 2.24) is 0 Å². The number of pyridine rings is 1. The van der Waals surface area contributed by atoms with E-state index in [1.54, 1.807) is 35.2 Å². The van der Waals surface area contributed by atoms with Gasteiger partial charge in [-0.15, -0.1) is 0 Å². The van der Waals surface area contributed by atoms with Gasteiger partial charge in [0.15, 0.2) is 18.2 Å². The van der Waals surface area contributed by atoms with Gasteiger partial charge in [-0.1, -0.05) is 12.1 Å². The summed E-state index contributed by atoms with van der Waals surface area (Å²) in [7, 11) is 0. The van der Waals surface area contributed by atoms with Gasteiger partial charge in [-0.2, -0.15) is 4.57 Å². The molecule has 0 unspecified atom stereocenters. The van der Waals surface area contributed by atoms with Crippen molar-refractivity contribution < 1.29 is 18.9 Å². The van der Waals surface area contributed by atoms with Crippen LogP contribution in [0.25, 0.3) is 0 Å². The van der Waals surface area contributed by atoms with Gasteiger partial charge in [-0.3, -0.25) is 9.59 Å². The number of benzene rings is 1. The Labute approximate surface area is 129 Å². The number of carbonyl (C=O) groups excluding carboxylic acids is 2. The van der Waals surface area contributed by atoms with Gasteiger partial charge in [0.2, 0.25) is 6.54 Å². The van der Waals surface area contributed by atoms with Crippen LogP contribution >= 0.6 is 0 Å². The molecule has 0 aliphatic carbocycles. The zero-order chi connectivity index (χ0) is 15.9. The van der Waals surface area contributed by atoms with Crippen LogP contribution in [-0.4, -0.2) is 18.3 Å². The highest BCUT2D eigenvalue weighted by atomic mass is 16.5. The fourth-order valence-electron chi connectivity index (χ4n) is 2.04. The Morgan fingerprint density at radius 3 is 2.68 bits per heavy atom. The molecular weight excluding hydrogens is 280 g/mol. The van der Waals surface area contributed by atoms with Crippen molar-refractivity contribution in [3.8, 4) is 5.75 Å². The molecule has 0 saturated heterocycles. The molecule has 0 fully saturated rings. The first-order valence-electron chi connectivity index (χ1n) is 7.12. The van der Waals surface area contributed by atoms with Gasteiger partial charge in [0.1, 0.15) is 5.75 Å². The van der Waals surface area contributed by atoms with Crippen molar-refractivity contribution >= 4 is 17.4 Å². The van der Waals surface area contributed by atoms with Crippen molar-refractivity contribution in [2.24, 2.45) is 0 Å². The SMILES string of the molecule is CCOc1ccccc1NC(=O)C[n+]1cccc(C(C)=O)c1. The predicted octanol–water partition coefficient (Wildman–Crippen LogP) is 2.21. The number of ketones is 1. The monoisotopic (exact) mass is 299 g/mol. The highest BCUT2D eigenvalue weighted by molar-refractivity contribution is 5.93. The number of carbonyl (C=O) groups is 2. The van der Waals surface area contributed by atoms with Crippen LogP contribution in [0, 0.1) is 0 Å². The van der Waals surface area contributed by atoms with E-state index in [0.717, 1.165) is 0 Å². The Hall–Kier alpha value is -2.69. The minimum atomic E-state index is -0.183. The molecule has 1 heterocycles. The highest BCUT2D eigenvalue weighted by Gasteiger charge is 2.13. The number of anilines is 1. The van der Waals surface area contributed by atoms with Crippen LogP contribution in [0.1, 0.15) is 24.2 Å². The van der Waals surface area contributed by atoms with E-state index in [-0.39, 0.29) is 18.2 Å². The summed E-state index contributed by atoms with van der Waals surface area (Å²) in [5, 5.41) is 2.82. The summed E-state index contributed by atoms with van der Waals surface area (Å²) >= 11 is 0. The third-order valence-electron chi connectivity index (χ3n) is 3.05. The van der Waals surface area contributed by atoms with E-state index >= 15 is 0 Å². The Morgan fingerprint density at radius 1 is 1.18 bits per heavy atom. The maximum atomic E-state index is 12.1. The minimum absolute atomic E-state index is 0.0311. The first-order chi connectivity index (χ1) is 10.6. The molecule has 0 aliphatic rings. The number of rotatable bonds is 6. The van der Waals surface area contributed by atoms with Gasteiger partial charge >= 0.3 is 0 Å². The van der Waals surface area contributed by atoms with E-state index in [1.807, 2.05) is 25.1 Å². The molecule has 1 aromatic carbocycles. The van der Waals surface area contributed by atoms with Crippen LogP contribution in [0.15, 0.2) is 48.8 Å². The zero-order valence-corrected chi connectivity index (χ0v) is 12.7. The molecule has 2 rings (SSSR count). The van der Waals surface area contributed by atoms with Gasteiger partial charge in [0.25, 0.3) is 5.91 Å². The van der Waals surface area contributed by atoms with Crippen molar-refractivity contribution in [2.75, 3.05) is 11.9 Å². The number of hydrogen-bond donors (Lipinski definition) is 1.